The van der Waals surface area contributed by atoms with Gasteiger partial charge in [-0.3, -0.25) is 9.89 Å². The number of aromatic amines is 1. The molecule has 1 aromatic heterocycles. The van der Waals surface area contributed by atoms with Crippen LogP contribution >= 0.6 is 11.6 Å². The van der Waals surface area contributed by atoms with E-state index in [1.807, 2.05) is 0 Å². The van der Waals surface area contributed by atoms with E-state index in [1.54, 1.807) is 17.3 Å². The first kappa shape index (κ1) is 15.0. The van der Waals surface area contributed by atoms with Crippen molar-refractivity contribution in [3.05, 3.63) is 52.3 Å². The van der Waals surface area contributed by atoms with Crippen molar-refractivity contribution in [1.82, 2.24) is 15.1 Å². The van der Waals surface area contributed by atoms with Crippen LogP contribution in [0.3, 0.4) is 0 Å². The highest BCUT2D eigenvalue weighted by Gasteiger charge is 2.28. The summed E-state index contributed by atoms with van der Waals surface area (Å²) in [5, 5.41) is 6.02. The number of piperidine rings is 1. The second-order valence-corrected chi connectivity index (χ2v) is 5.72. The summed E-state index contributed by atoms with van der Waals surface area (Å²) in [4.78, 5) is 14.1. The fourth-order valence-electron chi connectivity index (χ4n) is 2.78. The van der Waals surface area contributed by atoms with E-state index in [0.29, 0.717) is 13.1 Å². The number of nitrogens with one attached hydrogen (secondary N) is 1. The van der Waals surface area contributed by atoms with E-state index in [0.717, 1.165) is 30.5 Å². The van der Waals surface area contributed by atoms with Crippen molar-refractivity contribution in [2.45, 2.75) is 18.8 Å². The smallest absolute Gasteiger partial charge is 0.256 e. The van der Waals surface area contributed by atoms with Crippen LogP contribution in [0.25, 0.3) is 0 Å². The molecule has 1 aromatic carbocycles. The van der Waals surface area contributed by atoms with Crippen molar-refractivity contribution in [1.29, 1.82) is 0 Å². The molecule has 2 aromatic rings. The maximum absolute atomic E-state index is 14.0. The minimum Gasteiger partial charge on any atom is -0.338 e. The average molecular weight is 326 g/mol. The number of carbonyl (C=O) groups is 1. The number of aromatic nitrogens is 2. The SMILES string of the molecule is O=C(c1ccc(F)c(Cl)c1F)N1CCC[C@H](c2cn[nH]c2)C1. The molecule has 0 spiro atoms. The fourth-order valence-corrected chi connectivity index (χ4v) is 2.94. The van der Waals surface area contributed by atoms with Crippen LogP contribution in [0.2, 0.25) is 5.02 Å². The van der Waals surface area contributed by atoms with Crippen molar-refractivity contribution in [2.24, 2.45) is 0 Å². The van der Waals surface area contributed by atoms with Crippen LogP contribution in [0.1, 0.15) is 34.7 Å². The molecule has 1 amide bonds. The number of hydrogen-bond acceptors (Lipinski definition) is 2. The largest absolute Gasteiger partial charge is 0.338 e. The zero-order valence-electron chi connectivity index (χ0n) is 11.7. The lowest BCUT2D eigenvalue weighted by atomic mass is 9.92. The highest BCUT2D eigenvalue weighted by Crippen LogP contribution is 2.28. The van der Waals surface area contributed by atoms with Crippen molar-refractivity contribution in [2.75, 3.05) is 13.1 Å². The number of rotatable bonds is 2. The van der Waals surface area contributed by atoms with E-state index in [4.69, 9.17) is 11.6 Å². The van der Waals surface area contributed by atoms with E-state index in [-0.39, 0.29) is 11.5 Å². The van der Waals surface area contributed by atoms with Gasteiger partial charge >= 0.3 is 0 Å². The van der Waals surface area contributed by atoms with Gasteiger partial charge in [-0.25, -0.2) is 8.78 Å². The Balaban J connectivity index is 1.82. The summed E-state index contributed by atoms with van der Waals surface area (Å²) in [6.45, 7) is 1.02. The van der Waals surface area contributed by atoms with E-state index >= 15 is 0 Å². The lowest BCUT2D eigenvalue weighted by molar-refractivity contribution is 0.0702. The third-order valence-corrected chi connectivity index (χ3v) is 4.31. The number of amides is 1. The van der Waals surface area contributed by atoms with Crippen molar-refractivity contribution < 1.29 is 13.6 Å². The molecule has 22 heavy (non-hydrogen) atoms. The summed E-state index contributed by atoms with van der Waals surface area (Å²) < 4.78 is 27.2. The van der Waals surface area contributed by atoms with Crippen LogP contribution in [0.4, 0.5) is 8.78 Å². The molecule has 116 valence electrons. The Kier molecular flexibility index (Phi) is 4.11. The predicted octanol–water partition coefficient (Wildman–Crippen LogP) is 3.36. The Morgan fingerprint density at radius 3 is 2.95 bits per heavy atom. The zero-order valence-corrected chi connectivity index (χ0v) is 12.4. The maximum Gasteiger partial charge on any atom is 0.256 e. The zero-order chi connectivity index (χ0) is 15.7. The molecule has 3 rings (SSSR count). The highest BCUT2D eigenvalue weighted by atomic mass is 35.5. The number of H-pyrrole nitrogens is 1. The van der Waals surface area contributed by atoms with E-state index in [9.17, 15) is 13.6 Å². The van der Waals surface area contributed by atoms with Gasteiger partial charge in [0.2, 0.25) is 0 Å². The Morgan fingerprint density at radius 2 is 2.23 bits per heavy atom. The van der Waals surface area contributed by atoms with Gasteiger partial charge in [-0.1, -0.05) is 11.6 Å². The van der Waals surface area contributed by atoms with Crippen LogP contribution in [0.15, 0.2) is 24.5 Å². The molecule has 0 aliphatic carbocycles. The molecule has 4 nitrogen and oxygen atoms in total. The molecule has 2 heterocycles. The molecule has 1 saturated heterocycles. The molecule has 1 fully saturated rings. The average Bonchev–Trinajstić information content (AvgIpc) is 3.07. The van der Waals surface area contributed by atoms with E-state index in [1.165, 1.54) is 0 Å². The van der Waals surface area contributed by atoms with Crippen molar-refractivity contribution in [3.8, 4) is 0 Å². The van der Waals surface area contributed by atoms with Crippen LogP contribution in [0, 0.1) is 11.6 Å². The summed E-state index contributed by atoms with van der Waals surface area (Å²) in [7, 11) is 0. The van der Waals surface area contributed by atoms with Crippen molar-refractivity contribution >= 4 is 17.5 Å². The predicted molar refractivity (Wildman–Crippen MR) is 77.8 cm³/mol. The first-order valence-corrected chi connectivity index (χ1v) is 7.37. The molecule has 1 aliphatic heterocycles. The number of hydrogen-bond donors (Lipinski definition) is 1. The summed E-state index contributed by atoms with van der Waals surface area (Å²) in [6, 6.07) is 2.15. The van der Waals surface area contributed by atoms with Gasteiger partial charge in [0, 0.05) is 25.2 Å². The quantitative estimate of drug-likeness (QED) is 0.861. The summed E-state index contributed by atoms with van der Waals surface area (Å²) in [5.41, 5.74) is 0.828. The first-order valence-electron chi connectivity index (χ1n) is 6.99. The maximum atomic E-state index is 14.0. The molecule has 1 aliphatic rings. The van der Waals surface area contributed by atoms with Gasteiger partial charge in [0.05, 0.1) is 11.8 Å². The molecule has 0 unspecified atom stereocenters. The second kappa shape index (κ2) is 6.04. The van der Waals surface area contributed by atoms with Gasteiger partial charge in [0.15, 0.2) is 5.82 Å². The van der Waals surface area contributed by atoms with Gasteiger partial charge < -0.3 is 4.90 Å². The normalized spacial score (nSPS) is 18.5. The van der Waals surface area contributed by atoms with Crippen LogP contribution < -0.4 is 0 Å². The van der Waals surface area contributed by atoms with Crippen LogP contribution in [0.5, 0.6) is 0 Å². The number of likely N-dealkylation sites (tertiary alicyclic amines) is 1. The molecule has 1 atom stereocenters. The first-order chi connectivity index (χ1) is 10.6. The van der Waals surface area contributed by atoms with Gasteiger partial charge in [0.1, 0.15) is 10.8 Å². The van der Waals surface area contributed by atoms with Gasteiger partial charge in [-0.05, 0) is 30.5 Å². The molecule has 0 radical (unpaired) electrons. The Morgan fingerprint density at radius 1 is 1.41 bits per heavy atom. The molecule has 1 N–H and O–H groups in total. The van der Waals surface area contributed by atoms with Crippen LogP contribution in [-0.4, -0.2) is 34.1 Å². The standard InChI is InChI=1S/C15H14ClF2N3O/c16-13-12(17)4-3-11(14(13)18)15(22)21-5-1-2-9(8-21)10-6-19-20-7-10/h3-4,6-7,9H,1-2,5,8H2,(H,19,20)/t9-/m0/s1. The highest BCUT2D eigenvalue weighted by molar-refractivity contribution is 6.31. The Labute approximate surface area is 131 Å². The van der Waals surface area contributed by atoms with E-state index < -0.39 is 22.6 Å². The molecule has 0 saturated carbocycles. The summed E-state index contributed by atoms with van der Waals surface area (Å²) >= 11 is 5.54. The molecule has 7 heteroatoms. The van der Waals surface area contributed by atoms with Crippen molar-refractivity contribution in [3.63, 3.8) is 0 Å². The number of halogens is 3. The topological polar surface area (TPSA) is 49.0 Å². The Bertz CT molecular complexity index is 690. The van der Waals surface area contributed by atoms with E-state index in [2.05, 4.69) is 10.2 Å². The Hall–Kier alpha value is -1.95. The third kappa shape index (κ3) is 2.70. The van der Waals surface area contributed by atoms with Crippen LogP contribution in [-0.2, 0) is 0 Å². The monoisotopic (exact) mass is 325 g/mol. The minimum absolute atomic E-state index is 0.162. The lowest BCUT2D eigenvalue weighted by Crippen LogP contribution is -2.39. The van der Waals surface area contributed by atoms with Gasteiger partial charge in [-0.2, -0.15) is 5.10 Å². The number of benzene rings is 1. The fraction of sp³-hybridized carbons (Fsp3) is 0.333. The second-order valence-electron chi connectivity index (χ2n) is 5.34. The number of carbonyl (C=O) groups excluding carboxylic acids is 1. The summed E-state index contributed by atoms with van der Waals surface area (Å²) in [6.07, 6.45) is 5.29. The molecule has 0 bridgehead atoms. The minimum atomic E-state index is -1.00. The molecular formula is C15H14ClF2N3O. The van der Waals surface area contributed by atoms with Gasteiger partial charge in [0.25, 0.3) is 5.91 Å². The third-order valence-electron chi connectivity index (χ3n) is 3.96. The molecular weight excluding hydrogens is 312 g/mol. The van der Waals surface area contributed by atoms with Gasteiger partial charge in [-0.15, -0.1) is 0 Å². The number of nitrogens with zero attached hydrogens (tertiary/aromatic N) is 2. The lowest BCUT2D eigenvalue weighted by Gasteiger charge is -2.32. The summed E-state index contributed by atoms with van der Waals surface area (Å²) in [5.74, 6) is -2.18.